The van der Waals surface area contributed by atoms with E-state index in [1.807, 2.05) is 13.8 Å². The molecule has 0 radical (unpaired) electrons. The van der Waals surface area contributed by atoms with Gasteiger partial charge in [0.25, 0.3) is 0 Å². The largest absolute Gasteiger partial charge is 0.490 e. The Morgan fingerprint density at radius 1 is 1.56 bits per heavy atom. The van der Waals surface area contributed by atoms with Gasteiger partial charge in [-0.1, -0.05) is 13.8 Å². The lowest BCUT2D eigenvalue weighted by molar-refractivity contribution is 0.0701. The molecule has 0 aromatic carbocycles. The molecule has 3 N–H and O–H groups in total. The lowest BCUT2D eigenvalue weighted by Gasteiger charge is -2.19. The minimum absolute atomic E-state index is 0.0119. The average molecular weight is 243 g/mol. The van der Waals surface area contributed by atoms with Gasteiger partial charge in [0, 0.05) is 22.9 Å². The van der Waals surface area contributed by atoms with Gasteiger partial charge in [-0.25, -0.2) is 4.79 Å². The normalized spacial score (nSPS) is 17.9. The van der Waals surface area contributed by atoms with Gasteiger partial charge >= 0.3 is 5.97 Å². The molecule has 0 bridgehead atoms. The Balaban J connectivity index is 0.000000606. The lowest BCUT2D eigenvalue weighted by Crippen LogP contribution is -2.33. The lowest BCUT2D eigenvalue weighted by atomic mass is 10.1. The molecule has 16 heavy (non-hydrogen) atoms. The van der Waals surface area contributed by atoms with Crippen LogP contribution in [0.2, 0.25) is 0 Å². The van der Waals surface area contributed by atoms with Gasteiger partial charge in [-0.2, -0.15) is 0 Å². The molecule has 0 saturated carbocycles. The summed E-state index contributed by atoms with van der Waals surface area (Å²) in [6, 6.07) is -0.0119. The molecule has 1 aliphatic rings. The van der Waals surface area contributed by atoms with Crippen molar-refractivity contribution in [1.82, 2.24) is 0 Å². The van der Waals surface area contributed by atoms with E-state index in [0.29, 0.717) is 17.9 Å². The summed E-state index contributed by atoms with van der Waals surface area (Å²) < 4.78 is 5.42. The molecule has 2 heterocycles. The van der Waals surface area contributed by atoms with E-state index in [1.54, 1.807) is 6.92 Å². The zero-order valence-electron chi connectivity index (χ0n) is 9.74. The van der Waals surface area contributed by atoms with E-state index in [2.05, 4.69) is 0 Å². The number of hydrogen-bond donors (Lipinski definition) is 2. The highest BCUT2D eigenvalue weighted by Crippen LogP contribution is 2.37. The van der Waals surface area contributed by atoms with Gasteiger partial charge in [0.05, 0.1) is 0 Å². The molecule has 5 heteroatoms. The maximum atomic E-state index is 10.8. The van der Waals surface area contributed by atoms with E-state index >= 15 is 0 Å². The summed E-state index contributed by atoms with van der Waals surface area (Å²) in [5.74, 6) is -0.159. The van der Waals surface area contributed by atoms with Gasteiger partial charge in [0.2, 0.25) is 0 Å². The first kappa shape index (κ1) is 13.0. The summed E-state index contributed by atoms with van der Waals surface area (Å²) in [5.41, 5.74) is 6.45. The fraction of sp³-hybridized carbons (Fsp3) is 0.545. The molecule has 1 aromatic heterocycles. The van der Waals surface area contributed by atoms with E-state index in [4.69, 9.17) is 15.6 Å². The van der Waals surface area contributed by atoms with Crippen LogP contribution in [-0.4, -0.2) is 23.7 Å². The number of carbonyl (C=O) groups is 1. The molecule has 0 aliphatic carbocycles. The SMILES string of the molecule is CC.Cc1c(C(=O)O)sc2c1OCC(N)C2. The maximum absolute atomic E-state index is 10.8. The number of hydrogen-bond acceptors (Lipinski definition) is 4. The molecule has 0 spiro atoms. The van der Waals surface area contributed by atoms with Crippen molar-refractivity contribution in [2.75, 3.05) is 6.61 Å². The molecule has 0 saturated heterocycles. The van der Waals surface area contributed by atoms with Crippen LogP contribution in [0.3, 0.4) is 0 Å². The average Bonchev–Trinajstić information content (AvgIpc) is 2.58. The van der Waals surface area contributed by atoms with Crippen molar-refractivity contribution in [2.24, 2.45) is 5.73 Å². The molecule has 4 nitrogen and oxygen atoms in total. The molecule has 1 atom stereocenters. The number of aromatic carboxylic acids is 1. The van der Waals surface area contributed by atoms with E-state index in [-0.39, 0.29) is 6.04 Å². The fourth-order valence-corrected chi connectivity index (χ4v) is 2.75. The number of carboxylic acids is 1. The van der Waals surface area contributed by atoms with Crippen LogP contribution in [0, 0.1) is 6.92 Å². The van der Waals surface area contributed by atoms with E-state index in [0.717, 1.165) is 16.2 Å². The number of nitrogens with two attached hydrogens (primary N) is 1. The van der Waals surface area contributed by atoms with Crippen molar-refractivity contribution in [2.45, 2.75) is 33.2 Å². The predicted octanol–water partition coefficient (Wildman–Crippen LogP) is 2.04. The Morgan fingerprint density at radius 2 is 2.19 bits per heavy atom. The van der Waals surface area contributed by atoms with E-state index in [1.165, 1.54) is 11.3 Å². The Morgan fingerprint density at radius 3 is 2.75 bits per heavy atom. The van der Waals surface area contributed by atoms with Crippen LogP contribution in [-0.2, 0) is 6.42 Å². The number of thiophene rings is 1. The van der Waals surface area contributed by atoms with E-state index < -0.39 is 5.97 Å². The highest BCUT2D eigenvalue weighted by molar-refractivity contribution is 7.14. The molecule has 1 aliphatic heterocycles. The monoisotopic (exact) mass is 243 g/mol. The molecular weight excluding hydrogens is 226 g/mol. The fourth-order valence-electron chi connectivity index (χ4n) is 1.57. The van der Waals surface area contributed by atoms with Crippen LogP contribution in [0.5, 0.6) is 5.75 Å². The third-order valence-electron chi connectivity index (χ3n) is 2.24. The first-order valence-electron chi connectivity index (χ1n) is 5.33. The van der Waals surface area contributed by atoms with Crippen LogP contribution in [0.15, 0.2) is 0 Å². The van der Waals surface area contributed by atoms with Crippen LogP contribution < -0.4 is 10.5 Å². The van der Waals surface area contributed by atoms with Crippen molar-refractivity contribution in [3.05, 3.63) is 15.3 Å². The zero-order valence-corrected chi connectivity index (χ0v) is 10.6. The van der Waals surface area contributed by atoms with Crippen LogP contribution in [0.4, 0.5) is 0 Å². The molecule has 2 rings (SSSR count). The second-order valence-corrected chi connectivity index (χ2v) is 4.49. The van der Waals surface area contributed by atoms with Crippen LogP contribution in [0.25, 0.3) is 0 Å². The van der Waals surface area contributed by atoms with Crippen molar-refractivity contribution in [1.29, 1.82) is 0 Å². The van der Waals surface area contributed by atoms with Crippen LogP contribution >= 0.6 is 11.3 Å². The third-order valence-corrected chi connectivity index (χ3v) is 3.53. The molecule has 1 unspecified atom stereocenters. The minimum atomic E-state index is -0.890. The molecule has 1 aromatic rings. The highest BCUT2D eigenvalue weighted by atomic mass is 32.1. The molecule has 0 fully saturated rings. The van der Waals surface area contributed by atoms with Gasteiger partial charge in [0.1, 0.15) is 17.2 Å². The maximum Gasteiger partial charge on any atom is 0.346 e. The minimum Gasteiger partial charge on any atom is -0.490 e. The summed E-state index contributed by atoms with van der Waals surface area (Å²) in [6.07, 6.45) is 0.716. The molecule has 90 valence electrons. The molecule has 0 amide bonds. The van der Waals surface area contributed by atoms with Gasteiger partial charge in [-0.05, 0) is 6.92 Å². The summed E-state index contributed by atoms with van der Waals surface area (Å²) >= 11 is 1.27. The van der Waals surface area contributed by atoms with Crippen molar-refractivity contribution < 1.29 is 14.6 Å². The summed E-state index contributed by atoms with van der Waals surface area (Å²) in [4.78, 5) is 12.2. The first-order valence-corrected chi connectivity index (χ1v) is 6.15. The Bertz CT molecular complexity index is 387. The number of carboxylic acid groups (broad SMARTS) is 1. The second kappa shape index (κ2) is 5.32. The first-order chi connectivity index (χ1) is 7.59. The Hall–Kier alpha value is -1.07. The topological polar surface area (TPSA) is 72.5 Å². The van der Waals surface area contributed by atoms with Gasteiger partial charge in [-0.15, -0.1) is 11.3 Å². The second-order valence-electron chi connectivity index (χ2n) is 3.39. The van der Waals surface area contributed by atoms with Crippen molar-refractivity contribution in [3.63, 3.8) is 0 Å². The van der Waals surface area contributed by atoms with Crippen molar-refractivity contribution >= 4 is 17.3 Å². The highest BCUT2D eigenvalue weighted by Gasteiger charge is 2.25. The van der Waals surface area contributed by atoms with Crippen LogP contribution in [0.1, 0.15) is 34.0 Å². The smallest absolute Gasteiger partial charge is 0.346 e. The van der Waals surface area contributed by atoms with Gasteiger partial charge in [-0.3, -0.25) is 0 Å². The third kappa shape index (κ3) is 2.36. The van der Waals surface area contributed by atoms with Gasteiger partial charge < -0.3 is 15.6 Å². The summed E-state index contributed by atoms with van der Waals surface area (Å²) in [5, 5.41) is 8.90. The number of ether oxygens (including phenoxy) is 1. The summed E-state index contributed by atoms with van der Waals surface area (Å²) in [6.45, 7) is 6.25. The quantitative estimate of drug-likeness (QED) is 0.791. The predicted molar refractivity (Wildman–Crippen MR) is 64.5 cm³/mol. The number of fused-ring (bicyclic) bond motifs is 1. The Kier molecular flexibility index (Phi) is 4.32. The van der Waals surface area contributed by atoms with E-state index in [9.17, 15) is 4.79 Å². The van der Waals surface area contributed by atoms with Crippen molar-refractivity contribution in [3.8, 4) is 5.75 Å². The van der Waals surface area contributed by atoms with Gasteiger partial charge in [0.15, 0.2) is 0 Å². The standard InChI is InChI=1S/C9H11NO3S.C2H6/c1-4-7-6(2-5(10)3-13-7)14-8(4)9(11)12;1-2/h5H,2-3,10H2,1H3,(H,11,12);1-2H3. The number of rotatable bonds is 1. The summed E-state index contributed by atoms with van der Waals surface area (Å²) in [7, 11) is 0. The molecular formula is C11H17NO3S. The Labute approximate surface area is 99.0 Å². The zero-order chi connectivity index (χ0) is 12.3.